The van der Waals surface area contributed by atoms with E-state index in [-0.39, 0.29) is 0 Å². The molecule has 2 N–H and O–H groups in total. The average molecular weight is 269 g/mol. The molecule has 5 heteroatoms. The van der Waals surface area contributed by atoms with Gasteiger partial charge in [-0.1, -0.05) is 6.92 Å². The molecule has 1 saturated heterocycles. The zero-order chi connectivity index (χ0) is 14.1. The minimum absolute atomic E-state index is 0.470. The minimum Gasteiger partial charge on any atom is -0.355 e. The Hall–Kier alpha value is -0.810. The van der Waals surface area contributed by atoms with Crippen LogP contribution in [0.4, 0.5) is 0 Å². The Bertz CT molecular complexity index is 267. The van der Waals surface area contributed by atoms with Crippen LogP contribution in [0.25, 0.3) is 0 Å². The van der Waals surface area contributed by atoms with Gasteiger partial charge in [0, 0.05) is 39.3 Å². The number of nitrogens with one attached hydrogen (secondary N) is 2. The number of rotatable bonds is 5. The molecule has 112 valence electrons. The Balaban J connectivity index is 2.21. The Kier molecular flexibility index (Phi) is 7.82. The fourth-order valence-corrected chi connectivity index (χ4v) is 2.19. The van der Waals surface area contributed by atoms with Gasteiger partial charge in [-0.2, -0.15) is 0 Å². The van der Waals surface area contributed by atoms with E-state index in [1.165, 1.54) is 32.6 Å². The smallest absolute Gasteiger partial charge is 0.191 e. The van der Waals surface area contributed by atoms with Gasteiger partial charge in [0.05, 0.1) is 0 Å². The molecule has 1 heterocycles. The van der Waals surface area contributed by atoms with Crippen molar-refractivity contribution in [1.29, 1.82) is 0 Å². The van der Waals surface area contributed by atoms with Crippen LogP contribution in [0.1, 0.15) is 26.7 Å². The van der Waals surface area contributed by atoms with Gasteiger partial charge in [0.25, 0.3) is 0 Å². The molecular formula is C14H31N5. The molecule has 5 nitrogen and oxygen atoms in total. The van der Waals surface area contributed by atoms with E-state index < -0.39 is 0 Å². The van der Waals surface area contributed by atoms with Gasteiger partial charge in [0.15, 0.2) is 5.96 Å². The SMILES string of the molecule is CCC(C)NC(=NC)NCCN1CCCN(C)CC1. The Morgan fingerprint density at radius 2 is 2.05 bits per heavy atom. The van der Waals surface area contributed by atoms with Crippen molar-refractivity contribution in [3.8, 4) is 0 Å². The van der Waals surface area contributed by atoms with Gasteiger partial charge >= 0.3 is 0 Å². The normalized spacial score (nSPS) is 20.9. The van der Waals surface area contributed by atoms with Crippen LogP contribution >= 0.6 is 0 Å². The molecule has 1 atom stereocenters. The molecule has 1 fully saturated rings. The van der Waals surface area contributed by atoms with Crippen molar-refractivity contribution >= 4 is 5.96 Å². The summed E-state index contributed by atoms with van der Waals surface area (Å²) in [6, 6.07) is 0.470. The first kappa shape index (κ1) is 16.2. The van der Waals surface area contributed by atoms with Gasteiger partial charge in [-0.15, -0.1) is 0 Å². The lowest BCUT2D eigenvalue weighted by Gasteiger charge is -2.22. The zero-order valence-corrected chi connectivity index (χ0v) is 13.1. The first-order valence-electron chi connectivity index (χ1n) is 7.53. The first-order chi connectivity index (χ1) is 9.15. The summed E-state index contributed by atoms with van der Waals surface area (Å²) in [5, 5.41) is 6.78. The summed E-state index contributed by atoms with van der Waals surface area (Å²) in [5.74, 6) is 0.918. The van der Waals surface area contributed by atoms with Crippen molar-refractivity contribution < 1.29 is 0 Å². The van der Waals surface area contributed by atoms with Crippen LogP contribution in [0.2, 0.25) is 0 Å². The highest BCUT2D eigenvalue weighted by atomic mass is 15.2. The van der Waals surface area contributed by atoms with Gasteiger partial charge in [-0.05, 0) is 39.9 Å². The molecule has 1 aliphatic rings. The highest BCUT2D eigenvalue weighted by Crippen LogP contribution is 1.99. The molecule has 0 aliphatic carbocycles. The second-order valence-corrected chi connectivity index (χ2v) is 5.45. The van der Waals surface area contributed by atoms with Gasteiger partial charge in [0.1, 0.15) is 0 Å². The predicted octanol–water partition coefficient (Wildman–Crippen LogP) is 0.587. The Morgan fingerprint density at radius 3 is 2.74 bits per heavy atom. The van der Waals surface area contributed by atoms with Gasteiger partial charge in [0.2, 0.25) is 0 Å². The fourth-order valence-electron chi connectivity index (χ4n) is 2.19. The van der Waals surface area contributed by atoms with Crippen LogP contribution in [0.15, 0.2) is 4.99 Å². The Labute approximate surface area is 118 Å². The van der Waals surface area contributed by atoms with E-state index in [1.54, 1.807) is 0 Å². The van der Waals surface area contributed by atoms with Gasteiger partial charge < -0.3 is 20.4 Å². The van der Waals surface area contributed by atoms with Crippen molar-refractivity contribution in [2.24, 2.45) is 4.99 Å². The topological polar surface area (TPSA) is 42.9 Å². The Morgan fingerprint density at radius 1 is 1.26 bits per heavy atom. The second-order valence-electron chi connectivity index (χ2n) is 5.45. The lowest BCUT2D eigenvalue weighted by atomic mass is 10.3. The molecule has 0 bridgehead atoms. The third kappa shape index (κ3) is 6.78. The number of likely N-dealkylation sites (N-methyl/N-ethyl adjacent to an activating group) is 1. The molecule has 0 amide bonds. The van der Waals surface area contributed by atoms with Crippen molar-refractivity contribution in [3.05, 3.63) is 0 Å². The quantitative estimate of drug-likeness (QED) is 0.566. The van der Waals surface area contributed by atoms with Crippen LogP contribution < -0.4 is 10.6 Å². The number of aliphatic imine (C=N–C) groups is 1. The summed E-state index contributed by atoms with van der Waals surface area (Å²) < 4.78 is 0. The van der Waals surface area contributed by atoms with Crippen LogP contribution in [0, 0.1) is 0 Å². The van der Waals surface area contributed by atoms with E-state index in [4.69, 9.17) is 0 Å². The third-order valence-electron chi connectivity index (χ3n) is 3.75. The fraction of sp³-hybridized carbons (Fsp3) is 0.929. The van der Waals surface area contributed by atoms with Crippen molar-refractivity contribution in [1.82, 2.24) is 20.4 Å². The van der Waals surface area contributed by atoms with Crippen molar-refractivity contribution in [2.75, 3.05) is 53.4 Å². The second kappa shape index (κ2) is 9.15. The zero-order valence-electron chi connectivity index (χ0n) is 13.1. The largest absolute Gasteiger partial charge is 0.355 e. The van der Waals surface area contributed by atoms with Gasteiger partial charge in [-0.3, -0.25) is 4.99 Å². The number of hydrogen-bond acceptors (Lipinski definition) is 3. The summed E-state index contributed by atoms with van der Waals surface area (Å²) in [4.78, 5) is 9.21. The molecular weight excluding hydrogens is 238 g/mol. The van der Waals surface area contributed by atoms with Crippen LogP contribution in [-0.4, -0.2) is 75.2 Å². The summed E-state index contributed by atoms with van der Waals surface area (Å²) in [7, 11) is 4.04. The summed E-state index contributed by atoms with van der Waals surface area (Å²) in [5.41, 5.74) is 0. The minimum atomic E-state index is 0.470. The van der Waals surface area contributed by atoms with Crippen molar-refractivity contribution in [3.63, 3.8) is 0 Å². The number of nitrogens with zero attached hydrogens (tertiary/aromatic N) is 3. The standard InChI is InChI=1S/C14H31N5/c1-5-13(2)17-14(15-3)16-7-10-19-9-6-8-18(4)11-12-19/h13H,5-12H2,1-4H3,(H2,15,16,17). The molecule has 1 unspecified atom stereocenters. The average Bonchev–Trinajstić information content (AvgIpc) is 2.62. The van der Waals surface area contributed by atoms with E-state index >= 15 is 0 Å². The monoisotopic (exact) mass is 269 g/mol. The maximum Gasteiger partial charge on any atom is 0.191 e. The molecule has 1 rings (SSSR count). The number of guanidine groups is 1. The summed E-state index contributed by atoms with van der Waals surface area (Å²) >= 11 is 0. The van der Waals surface area contributed by atoms with Gasteiger partial charge in [-0.25, -0.2) is 0 Å². The first-order valence-corrected chi connectivity index (χ1v) is 7.53. The van der Waals surface area contributed by atoms with Crippen molar-refractivity contribution in [2.45, 2.75) is 32.7 Å². The molecule has 19 heavy (non-hydrogen) atoms. The maximum absolute atomic E-state index is 4.26. The lowest BCUT2D eigenvalue weighted by molar-refractivity contribution is 0.280. The van der Waals surface area contributed by atoms with Crippen LogP contribution in [-0.2, 0) is 0 Å². The van der Waals surface area contributed by atoms with E-state index in [1.807, 2.05) is 7.05 Å². The van der Waals surface area contributed by atoms with E-state index in [2.05, 4.69) is 46.3 Å². The van der Waals surface area contributed by atoms with E-state index in [0.717, 1.165) is 25.5 Å². The van der Waals surface area contributed by atoms with Crippen LogP contribution in [0.3, 0.4) is 0 Å². The van der Waals surface area contributed by atoms with E-state index in [9.17, 15) is 0 Å². The van der Waals surface area contributed by atoms with E-state index in [0.29, 0.717) is 6.04 Å². The highest BCUT2D eigenvalue weighted by molar-refractivity contribution is 5.79. The third-order valence-corrected chi connectivity index (χ3v) is 3.75. The maximum atomic E-state index is 4.26. The summed E-state index contributed by atoms with van der Waals surface area (Å²) in [6.45, 7) is 11.2. The number of hydrogen-bond donors (Lipinski definition) is 2. The summed E-state index contributed by atoms with van der Waals surface area (Å²) in [6.07, 6.45) is 2.38. The lowest BCUT2D eigenvalue weighted by Crippen LogP contribution is -2.45. The highest BCUT2D eigenvalue weighted by Gasteiger charge is 2.11. The van der Waals surface area contributed by atoms with Crippen LogP contribution in [0.5, 0.6) is 0 Å². The molecule has 0 spiro atoms. The molecule has 0 saturated carbocycles. The molecule has 0 aromatic heterocycles. The molecule has 0 aromatic rings. The molecule has 0 radical (unpaired) electrons. The predicted molar refractivity (Wildman–Crippen MR) is 82.8 cm³/mol. The molecule has 1 aliphatic heterocycles. The molecule has 0 aromatic carbocycles.